The summed E-state index contributed by atoms with van der Waals surface area (Å²) in [5, 5.41) is 0. The third kappa shape index (κ3) is 2.82. The molecule has 0 aliphatic rings. The number of esters is 1. The Morgan fingerprint density at radius 2 is 1.40 bits per heavy atom. The van der Waals surface area contributed by atoms with Crippen LogP contribution < -0.4 is 0 Å². The van der Waals surface area contributed by atoms with Crippen LogP contribution >= 0.6 is 15.9 Å². The number of Topliss-reactive ketones (excluding diaryl/α,β-unsaturated/α-hetero) is 1. The number of benzene rings is 1. The van der Waals surface area contributed by atoms with Gasteiger partial charge >= 0.3 is 5.97 Å². The molecule has 0 fully saturated rings. The second-order valence-electron chi connectivity index (χ2n) is 3.42. The number of hydrogen-bond acceptors (Lipinski definition) is 3. The molecule has 0 saturated carbocycles. The Bertz CT molecular complexity index is 547. The fourth-order valence-electron chi connectivity index (χ4n) is 1.27. The maximum Gasteiger partial charge on any atom is 0.327 e. The summed E-state index contributed by atoms with van der Waals surface area (Å²) < 4.78 is 69.8. The molecule has 1 aromatic carbocycles. The van der Waals surface area contributed by atoms with Gasteiger partial charge in [-0.15, -0.1) is 0 Å². The standard InChI is InChI=1S/C11H6BrF5O3/c1-2-20-11(19)4(12)10(18)3-5(13)7(15)9(17)8(16)6(3)14/h4H,2H2,1H3. The summed E-state index contributed by atoms with van der Waals surface area (Å²) in [5.41, 5.74) is -1.70. The zero-order chi connectivity index (χ0) is 15.6. The molecule has 1 atom stereocenters. The summed E-state index contributed by atoms with van der Waals surface area (Å²) >= 11 is 2.49. The highest BCUT2D eigenvalue weighted by Gasteiger charge is 2.35. The molecule has 0 amide bonds. The summed E-state index contributed by atoms with van der Waals surface area (Å²) in [5.74, 6) is -14.4. The van der Waals surface area contributed by atoms with E-state index < -0.39 is 51.2 Å². The second kappa shape index (κ2) is 6.29. The van der Waals surface area contributed by atoms with E-state index in [1.807, 2.05) is 0 Å². The van der Waals surface area contributed by atoms with E-state index in [4.69, 9.17) is 0 Å². The van der Waals surface area contributed by atoms with E-state index in [1.54, 1.807) is 0 Å². The first-order valence-electron chi connectivity index (χ1n) is 5.10. The largest absolute Gasteiger partial charge is 0.465 e. The van der Waals surface area contributed by atoms with E-state index in [1.165, 1.54) is 6.92 Å². The molecule has 0 aliphatic carbocycles. The quantitative estimate of drug-likeness (QED) is 0.158. The lowest BCUT2D eigenvalue weighted by Gasteiger charge is -2.11. The first-order chi connectivity index (χ1) is 9.23. The predicted octanol–water partition coefficient (Wildman–Crippen LogP) is 2.89. The van der Waals surface area contributed by atoms with Gasteiger partial charge in [-0.25, -0.2) is 22.0 Å². The van der Waals surface area contributed by atoms with E-state index in [0.29, 0.717) is 0 Å². The van der Waals surface area contributed by atoms with Gasteiger partial charge in [0.15, 0.2) is 33.9 Å². The van der Waals surface area contributed by atoms with Gasteiger partial charge < -0.3 is 4.74 Å². The van der Waals surface area contributed by atoms with Crippen molar-refractivity contribution in [2.45, 2.75) is 11.8 Å². The molecular formula is C11H6BrF5O3. The van der Waals surface area contributed by atoms with Crippen LogP contribution in [0.3, 0.4) is 0 Å². The van der Waals surface area contributed by atoms with Gasteiger partial charge in [-0.05, 0) is 6.92 Å². The monoisotopic (exact) mass is 360 g/mol. The van der Waals surface area contributed by atoms with Crippen LogP contribution in [0.1, 0.15) is 17.3 Å². The fourth-order valence-corrected chi connectivity index (χ4v) is 1.63. The zero-order valence-corrected chi connectivity index (χ0v) is 11.4. The molecule has 3 nitrogen and oxygen atoms in total. The van der Waals surface area contributed by atoms with Crippen LogP contribution in [0.5, 0.6) is 0 Å². The topological polar surface area (TPSA) is 43.4 Å². The summed E-state index contributed by atoms with van der Waals surface area (Å²) in [6, 6.07) is 0. The van der Waals surface area contributed by atoms with E-state index in [2.05, 4.69) is 20.7 Å². The molecule has 0 aliphatic heterocycles. The molecule has 20 heavy (non-hydrogen) atoms. The number of halogens is 6. The molecule has 0 saturated heterocycles. The first-order valence-corrected chi connectivity index (χ1v) is 6.01. The zero-order valence-electron chi connectivity index (χ0n) is 9.78. The van der Waals surface area contributed by atoms with E-state index in [9.17, 15) is 31.5 Å². The van der Waals surface area contributed by atoms with Crippen LogP contribution in [-0.4, -0.2) is 23.2 Å². The number of carbonyl (C=O) groups excluding carboxylic acids is 2. The third-order valence-electron chi connectivity index (χ3n) is 2.18. The highest BCUT2D eigenvalue weighted by atomic mass is 79.9. The Morgan fingerprint density at radius 3 is 1.80 bits per heavy atom. The number of ether oxygens (including phenoxy) is 1. The number of ketones is 1. The molecule has 0 aromatic heterocycles. The van der Waals surface area contributed by atoms with Gasteiger partial charge in [0.2, 0.25) is 5.82 Å². The van der Waals surface area contributed by atoms with Crippen molar-refractivity contribution >= 4 is 27.7 Å². The molecule has 1 rings (SSSR count). The predicted molar refractivity (Wildman–Crippen MR) is 59.9 cm³/mol. The Morgan fingerprint density at radius 1 is 1.00 bits per heavy atom. The van der Waals surface area contributed by atoms with Gasteiger partial charge in [-0.1, -0.05) is 15.9 Å². The van der Waals surface area contributed by atoms with Crippen molar-refractivity contribution in [1.29, 1.82) is 0 Å². The maximum atomic E-state index is 13.3. The van der Waals surface area contributed by atoms with Gasteiger partial charge in [0.25, 0.3) is 0 Å². The molecule has 1 unspecified atom stereocenters. The van der Waals surface area contributed by atoms with Crippen molar-refractivity contribution in [3.8, 4) is 0 Å². The van der Waals surface area contributed by atoms with Crippen LogP contribution in [0.25, 0.3) is 0 Å². The lowest BCUT2D eigenvalue weighted by molar-refractivity contribution is -0.141. The minimum Gasteiger partial charge on any atom is -0.465 e. The van der Waals surface area contributed by atoms with Gasteiger partial charge in [0.1, 0.15) is 0 Å². The normalized spacial score (nSPS) is 12.2. The van der Waals surface area contributed by atoms with E-state index >= 15 is 0 Å². The Balaban J connectivity index is 3.34. The lowest BCUT2D eigenvalue weighted by atomic mass is 10.1. The number of hydrogen-bond donors (Lipinski definition) is 0. The molecule has 9 heteroatoms. The minimum absolute atomic E-state index is 0.134. The van der Waals surface area contributed by atoms with Crippen LogP contribution in [-0.2, 0) is 9.53 Å². The summed E-state index contributed by atoms with van der Waals surface area (Å²) in [6.45, 7) is 1.27. The summed E-state index contributed by atoms with van der Waals surface area (Å²) in [4.78, 5) is 21.0. The summed E-state index contributed by atoms with van der Waals surface area (Å²) in [7, 11) is 0. The molecule has 0 radical (unpaired) electrons. The molecule has 110 valence electrons. The SMILES string of the molecule is CCOC(=O)C(Br)C(=O)c1c(F)c(F)c(F)c(F)c1F. The molecule has 0 bridgehead atoms. The molecule has 0 spiro atoms. The Hall–Kier alpha value is -1.51. The van der Waals surface area contributed by atoms with Crippen molar-refractivity contribution in [3.05, 3.63) is 34.6 Å². The lowest BCUT2D eigenvalue weighted by Crippen LogP contribution is -2.29. The molecule has 0 N–H and O–H groups in total. The van der Waals surface area contributed by atoms with E-state index in [0.717, 1.165) is 0 Å². The van der Waals surface area contributed by atoms with Crippen LogP contribution in [0.4, 0.5) is 22.0 Å². The van der Waals surface area contributed by atoms with Crippen molar-refractivity contribution in [1.82, 2.24) is 0 Å². The maximum absolute atomic E-state index is 13.3. The van der Waals surface area contributed by atoms with Crippen LogP contribution in [0.2, 0.25) is 0 Å². The number of carbonyl (C=O) groups is 2. The average Bonchev–Trinajstić information content (AvgIpc) is 2.42. The smallest absolute Gasteiger partial charge is 0.327 e. The Labute approximate surface area is 117 Å². The first kappa shape index (κ1) is 16.5. The minimum atomic E-state index is -2.39. The van der Waals surface area contributed by atoms with Gasteiger partial charge in [0, 0.05) is 0 Å². The third-order valence-corrected chi connectivity index (χ3v) is 2.97. The number of alkyl halides is 1. The number of rotatable bonds is 4. The van der Waals surface area contributed by atoms with Crippen molar-refractivity contribution in [3.63, 3.8) is 0 Å². The second-order valence-corrected chi connectivity index (χ2v) is 4.34. The van der Waals surface area contributed by atoms with Gasteiger partial charge in [-0.2, -0.15) is 0 Å². The van der Waals surface area contributed by atoms with Crippen molar-refractivity contribution < 1.29 is 36.3 Å². The molecular weight excluding hydrogens is 355 g/mol. The van der Waals surface area contributed by atoms with Crippen molar-refractivity contribution in [2.24, 2.45) is 0 Å². The molecule has 0 heterocycles. The fraction of sp³-hybridized carbons (Fsp3) is 0.273. The Kier molecular flexibility index (Phi) is 5.21. The van der Waals surface area contributed by atoms with Gasteiger partial charge in [0.05, 0.1) is 12.2 Å². The average molecular weight is 361 g/mol. The van der Waals surface area contributed by atoms with Crippen molar-refractivity contribution in [2.75, 3.05) is 6.61 Å². The highest BCUT2D eigenvalue weighted by Crippen LogP contribution is 2.25. The van der Waals surface area contributed by atoms with Gasteiger partial charge in [-0.3, -0.25) is 9.59 Å². The molecule has 1 aromatic rings. The highest BCUT2D eigenvalue weighted by molar-refractivity contribution is 9.10. The van der Waals surface area contributed by atoms with Crippen LogP contribution in [0, 0.1) is 29.1 Å². The van der Waals surface area contributed by atoms with Crippen LogP contribution in [0.15, 0.2) is 0 Å². The van der Waals surface area contributed by atoms with E-state index in [-0.39, 0.29) is 6.61 Å². The summed E-state index contributed by atoms with van der Waals surface area (Å²) in [6.07, 6.45) is 0.